The van der Waals surface area contributed by atoms with E-state index in [-0.39, 0.29) is 29.9 Å². The van der Waals surface area contributed by atoms with Crippen molar-refractivity contribution in [3.8, 4) is 5.69 Å². The standard InChI is InChI=1S/C21H21N7O3S3/c1-3-32-21-27-25-19(34-21)23-17(29)12-33-20-26-24-16(11-22-18(30)15-8-5-9-31-15)28(20)14-7-4-6-13(2)10-14/h4-10H,3,11-12H2,1-2H3,(H,22,30)(H,23,25,29). The van der Waals surface area contributed by atoms with Gasteiger partial charge in [0.05, 0.1) is 18.6 Å². The van der Waals surface area contributed by atoms with Gasteiger partial charge in [0, 0.05) is 5.69 Å². The number of nitrogens with one attached hydrogen (secondary N) is 2. The Kier molecular flexibility index (Phi) is 7.98. The van der Waals surface area contributed by atoms with Crippen LogP contribution in [0.2, 0.25) is 0 Å². The number of hydrogen-bond acceptors (Lipinski definition) is 10. The molecule has 0 fully saturated rings. The van der Waals surface area contributed by atoms with Gasteiger partial charge in [0.1, 0.15) is 0 Å². The Balaban J connectivity index is 1.47. The summed E-state index contributed by atoms with van der Waals surface area (Å²) in [6.07, 6.45) is 1.44. The van der Waals surface area contributed by atoms with E-state index in [0.717, 1.165) is 21.3 Å². The van der Waals surface area contributed by atoms with Crippen molar-refractivity contribution >= 4 is 51.8 Å². The molecular formula is C21H21N7O3S3. The molecule has 4 aromatic rings. The predicted molar refractivity (Wildman–Crippen MR) is 132 cm³/mol. The molecule has 13 heteroatoms. The zero-order valence-electron chi connectivity index (χ0n) is 18.3. The molecule has 0 saturated carbocycles. The van der Waals surface area contributed by atoms with Crippen LogP contribution in [0.5, 0.6) is 0 Å². The van der Waals surface area contributed by atoms with Crippen LogP contribution < -0.4 is 10.6 Å². The number of hydrogen-bond donors (Lipinski definition) is 2. The number of anilines is 1. The smallest absolute Gasteiger partial charge is 0.287 e. The zero-order chi connectivity index (χ0) is 23.9. The number of nitrogens with zero attached hydrogens (tertiary/aromatic N) is 5. The predicted octanol–water partition coefficient (Wildman–Crippen LogP) is 3.79. The monoisotopic (exact) mass is 515 g/mol. The normalized spacial score (nSPS) is 10.9. The highest BCUT2D eigenvalue weighted by atomic mass is 32.2. The van der Waals surface area contributed by atoms with Crippen LogP contribution in [0.25, 0.3) is 5.69 Å². The third-order valence-electron chi connectivity index (χ3n) is 4.37. The largest absolute Gasteiger partial charge is 0.459 e. The minimum absolute atomic E-state index is 0.110. The molecule has 3 heterocycles. The van der Waals surface area contributed by atoms with Gasteiger partial charge in [0.2, 0.25) is 11.0 Å². The highest BCUT2D eigenvalue weighted by Crippen LogP contribution is 2.26. The molecule has 176 valence electrons. The van der Waals surface area contributed by atoms with E-state index in [1.54, 1.807) is 23.9 Å². The van der Waals surface area contributed by atoms with Crippen molar-refractivity contribution in [1.29, 1.82) is 0 Å². The highest BCUT2D eigenvalue weighted by molar-refractivity contribution is 8.01. The average molecular weight is 516 g/mol. The van der Waals surface area contributed by atoms with Crippen LogP contribution in [0.4, 0.5) is 5.13 Å². The minimum atomic E-state index is -0.352. The lowest BCUT2D eigenvalue weighted by atomic mass is 10.2. The Bertz CT molecular complexity index is 1270. The van der Waals surface area contributed by atoms with E-state index in [1.807, 2.05) is 42.7 Å². The molecule has 2 N–H and O–H groups in total. The summed E-state index contributed by atoms with van der Waals surface area (Å²) in [5.74, 6) is 1.16. The fourth-order valence-electron chi connectivity index (χ4n) is 2.92. The molecule has 0 aliphatic heterocycles. The first-order valence-electron chi connectivity index (χ1n) is 10.3. The number of benzene rings is 1. The van der Waals surface area contributed by atoms with Gasteiger partial charge in [-0.1, -0.05) is 53.9 Å². The van der Waals surface area contributed by atoms with Crippen LogP contribution in [-0.2, 0) is 11.3 Å². The van der Waals surface area contributed by atoms with Crippen LogP contribution in [0, 0.1) is 6.92 Å². The molecule has 0 radical (unpaired) electrons. The summed E-state index contributed by atoms with van der Waals surface area (Å²) >= 11 is 4.16. The maximum absolute atomic E-state index is 12.5. The first-order valence-corrected chi connectivity index (χ1v) is 13.0. The van der Waals surface area contributed by atoms with Crippen LogP contribution in [0.1, 0.15) is 28.9 Å². The van der Waals surface area contributed by atoms with E-state index in [4.69, 9.17) is 4.42 Å². The lowest BCUT2D eigenvalue weighted by molar-refractivity contribution is -0.113. The highest BCUT2D eigenvalue weighted by Gasteiger charge is 2.18. The van der Waals surface area contributed by atoms with Crippen LogP contribution in [0.3, 0.4) is 0 Å². The van der Waals surface area contributed by atoms with Crippen LogP contribution in [-0.4, -0.2) is 48.3 Å². The Morgan fingerprint density at radius 3 is 2.76 bits per heavy atom. The van der Waals surface area contributed by atoms with Crippen molar-refractivity contribution in [2.75, 3.05) is 16.8 Å². The van der Waals surface area contributed by atoms with Crippen LogP contribution >= 0.6 is 34.9 Å². The Labute approximate surface area is 207 Å². The molecule has 0 bridgehead atoms. The molecule has 3 aromatic heterocycles. The van der Waals surface area contributed by atoms with E-state index in [2.05, 4.69) is 31.0 Å². The summed E-state index contributed by atoms with van der Waals surface area (Å²) in [4.78, 5) is 24.8. The molecule has 1 aromatic carbocycles. The second-order valence-corrected chi connectivity index (χ2v) is 10.3. The maximum Gasteiger partial charge on any atom is 0.287 e. The summed E-state index contributed by atoms with van der Waals surface area (Å²) in [5.41, 5.74) is 1.89. The third kappa shape index (κ3) is 6.04. The maximum atomic E-state index is 12.5. The lowest BCUT2D eigenvalue weighted by Gasteiger charge is -2.11. The molecule has 0 saturated heterocycles. The molecule has 0 atom stereocenters. The Hall–Kier alpha value is -3.16. The summed E-state index contributed by atoms with van der Waals surface area (Å²) in [5, 5.41) is 23.1. The van der Waals surface area contributed by atoms with Crippen molar-refractivity contribution < 1.29 is 14.0 Å². The molecule has 0 unspecified atom stereocenters. The van der Waals surface area contributed by atoms with Gasteiger partial charge in [-0.15, -0.1) is 20.4 Å². The van der Waals surface area contributed by atoms with Crippen molar-refractivity contribution in [3.63, 3.8) is 0 Å². The second-order valence-electron chi connectivity index (χ2n) is 6.88. The van der Waals surface area contributed by atoms with E-state index < -0.39 is 0 Å². The van der Waals surface area contributed by atoms with Crippen LogP contribution in [0.15, 0.2) is 56.6 Å². The Morgan fingerprint density at radius 1 is 1.12 bits per heavy atom. The molecule has 10 nitrogen and oxygen atoms in total. The number of aromatic nitrogens is 5. The van der Waals surface area contributed by atoms with Gasteiger partial charge >= 0.3 is 0 Å². The number of carbonyl (C=O) groups excluding carboxylic acids is 2. The van der Waals surface area contributed by atoms with Gasteiger partial charge in [-0.05, 0) is 42.5 Å². The number of amides is 2. The average Bonchev–Trinajstić information content (AvgIpc) is 3.58. The Morgan fingerprint density at radius 2 is 2.00 bits per heavy atom. The molecule has 2 amide bonds. The summed E-state index contributed by atoms with van der Waals surface area (Å²) in [7, 11) is 0. The summed E-state index contributed by atoms with van der Waals surface area (Å²) in [6.45, 7) is 4.15. The number of thioether (sulfide) groups is 2. The SMILES string of the molecule is CCSc1nnc(NC(=O)CSc2nnc(CNC(=O)c3ccco3)n2-c2cccc(C)c2)s1. The third-order valence-corrected chi connectivity index (χ3v) is 7.15. The van der Waals surface area contributed by atoms with Crippen molar-refractivity contribution in [1.82, 2.24) is 30.3 Å². The molecular weight excluding hydrogens is 494 g/mol. The van der Waals surface area contributed by atoms with Gasteiger partial charge in [0.25, 0.3) is 5.91 Å². The minimum Gasteiger partial charge on any atom is -0.459 e. The first-order chi connectivity index (χ1) is 16.5. The van der Waals surface area contributed by atoms with Gasteiger partial charge < -0.3 is 9.73 Å². The molecule has 34 heavy (non-hydrogen) atoms. The number of carbonyl (C=O) groups is 2. The molecule has 0 aliphatic carbocycles. The fourth-order valence-corrected chi connectivity index (χ4v) is 5.35. The zero-order valence-corrected chi connectivity index (χ0v) is 20.8. The fraction of sp³-hybridized carbons (Fsp3) is 0.238. The van der Waals surface area contributed by atoms with E-state index in [9.17, 15) is 9.59 Å². The molecule has 4 rings (SSSR count). The number of rotatable bonds is 10. The lowest BCUT2D eigenvalue weighted by Crippen LogP contribution is -2.24. The van der Waals surface area contributed by atoms with E-state index in [1.165, 1.54) is 29.4 Å². The van der Waals surface area contributed by atoms with Crippen molar-refractivity contribution in [2.45, 2.75) is 29.9 Å². The van der Waals surface area contributed by atoms with Gasteiger partial charge in [-0.25, -0.2) is 0 Å². The number of furan rings is 1. The van der Waals surface area contributed by atoms with Gasteiger partial charge in [0.15, 0.2) is 21.1 Å². The van der Waals surface area contributed by atoms with Crippen molar-refractivity contribution in [3.05, 3.63) is 59.8 Å². The van der Waals surface area contributed by atoms with E-state index in [0.29, 0.717) is 16.1 Å². The quantitative estimate of drug-likeness (QED) is 0.239. The number of aryl methyl sites for hydroxylation is 1. The second kappa shape index (κ2) is 11.3. The van der Waals surface area contributed by atoms with Gasteiger partial charge in [-0.2, -0.15) is 0 Å². The first kappa shape index (κ1) is 24.0. The summed E-state index contributed by atoms with van der Waals surface area (Å²) in [6, 6.07) is 11.1. The molecule has 0 spiro atoms. The molecule has 0 aliphatic rings. The van der Waals surface area contributed by atoms with E-state index >= 15 is 0 Å². The van der Waals surface area contributed by atoms with Crippen molar-refractivity contribution in [2.24, 2.45) is 0 Å². The topological polar surface area (TPSA) is 128 Å². The van der Waals surface area contributed by atoms with Gasteiger partial charge in [-0.3, -0.25) is 19.5 Å². The summed E-state index contributed by atoms with van der Waals surface area (Å²) < 4.78 is 7.77.